The number of hydrogen-bond donors (Lipinski definition) is 0. The number of anilines is 1. The fourth-order valence-corrected chi connectivity index (χ4v) is 2.02. The van der Waals surface area contributed by atoms with Crippen LogP contribution in [0.25, 0.3) is 0 Å². The van der Waals surface area contributed by atoms with Crippen molar-refractivity contribution in [3.8, 4) is 0 Å². The highest BCUT2D eigenvalue weighted by molar-refractivity contribution is 6.06. The van der Waals surface area contributed by atoms with Crippen LogP contribution in [-0.2, 0) is 0 Å². The Kier molecular flexibility index (Phi) is 3.71. The zero-order valence-corrected chi connectivity index (χ0v) is 10.8. The van der Waals surface area contributed by atoms with Crippen LogP contribution in [0.4, 0.5) is 5.69 Å². The number of amides is 1. The van der Waals surface area contributed by atoms with Gasteiger partial charge in [0.2, 0.25) is 0 Å². The summed E-state index contributed by atoms with van der Waals surface area (Å²) < 4.78 is 0. The van der Waals surface area contributed by atoms with Crippen molar-refractivity contribution in [2.24, 2.45) is 5.29 Å². The van der Waals surface area contributed by atoms with Gasteiger partial charge in [0.15, 0.2) is 0 Å². The van der Waals surface area contributed by atoms with Crippen molar-refractivity contribution in [3.05, 3.63) is 70.1 Å². The number of nitrogens with zero attached hydrogens (tertiary/aromatic N) is 2. The molecule has 4 nitrogen and oxygen atoms in total. The molecule has 4 heteroatoms. The molecule has 1 amide bonds. The molecule has 0 aliphatic carbocycles. The van der Waals surface area contributed by atoms with Crippen molar-refractivity contribution in [2.75, 3.05) is 5.01 Å². The van der Waals surface area contributed by atoms with Crippen LogP contribution in [0.5, 0.6) is 0 Å². The van der Waals surface area contributed by atoms with E-state index in [4.69, 9.17) is 0 Å². The molecule has 0 saturated heterocycles. The highest BCUT2D eigenvalue weighted by Gasteiger charge is 2.21. The molecule has 0 fully saturated rings. The maximum absolute atomic E-state index is 12.3. The number of rotatable bonds is 3. The van der Waals surface area contributed by atoms with Gasteiger partial charge in [0.05, 0.1) is 11.0 Å². The maximum atomic E-state index is 12.3. The second-order valence-corrected chi connectivity index (χ2v) is 4.31. The molecular weight excluding hydrogens is 240 g/mol. The van der Waals surface area contributed by atoms with Crippen molar-refractivity contribution in [1.82, 2.24) is 0 Å². The molecule has 0 N–H and O–H groups in total. The highest BCUT2D eigenvalue weighted by Crippen LogP contribution is 2.26. The third-order valence-electron chi connectivity index (χ3n) is 2.95. The molecule has 2 rings (SSSR count). The second kappa shape index (κ2) is 5.44. The molecule has 19 heavy (non-hydrogen) atoms. The van der Waals surface area contributed by atoms with Crippen molar-refractivity contribution < 1.29 is 4.79 Å². The Morgan fingerprint density at radius 2 is 1.53 bits per heavy atom. The lowest BCUT2D eigenvalue weighted by Crippen LogP contribution is -2.26. The van der Waals surface area contributed by atoms with E-state index in [2.05, 4.69) is 5.29 Å². The third kappa shape index (κ3) is 2.52. The minimum Gasteiger partial charge on any atom is -0.267 e. The molecule has 0 aromatic heterocycles. The molecule has 0 bridgehead atoms. The first kappa shape index (κ1) is 13.0. The van der Waals surface area contributed by atoms with Crippen molar-refractivity contribution in [2.45, 2.75) is 13.8 Å². The van der Waals surface area contributed by atoms with Gasteiger partial charge in [-0.3, -0.25) is 4.79 Å². The number of carbonyl (C=O) groups is 1. The smallest absolute Gasteiger partial charge is 0.267 e. The molecule has 0 spiro atoms. The summed E-state index contributed by atoms with van der Waals surface area (Å²) >= 11 is 0. The Balaban J connectivity index is 2.46. The van der Waals surface area contributed by atoms with Crippen molar-refractivity contribution >= 4 is 11.6 Å². The van der Waals surface area contributed by atoms with Gasteiger partial charge >= 0.3 is 0 Å². The summed E-state index contributed by atoms with van der Waals surface area (Å²) in [6.45, 7) is 3.69. The summed E-state index contributed by atoms with van der Waals surface area (Å²) in [7, 11) is 0. The number of carbonyl (C=O) groups excluding carboxylic acids is 1. The largest absolute Gasteiger partial charge is 0.281 e. The van der Waals surface area contributed by atoms with Crippen molar-refractivity contribution in [3.63, 3.8) is 0 Å². The normalized spacial score (nSPS) is 10.0. The Morgan fingerprint density at radius 3 is 2.05 bits per heavy atom. The fourth-order valence-electron chi connectivity index (χ4n) is 2.02. The van der Waals surface area contributed by atoms with E-state index >= 15 is 0 Å². The molecule has 0 radical (unpaired) electrons. The highest BCUT2D eigenvalue weighted by atomic mass is 16.3. The molecular formula is C15H14N2O2. The lowest BCUT2D eigenvalue weighted by molar-refractivity contribution is 0.0987. The van der Waals surface area contributed by atoms with Gasteiger partial charge in [-0.25, -0.2) is 0 Å². The van der Waals surface area contributed by atoms with Gasteiger partial charge in [0.1, 0.15) is 0 Å². The molecule has 0 unspecified atom stereocenters. The molecule has 96 valence electrons. The topological polar surface area (TPSA) is 49.7 Å². The molecule has 2 aromatic carbocycles. The van der Waals surface area contributed by atoms with Crippen LogP contribution in [-0.4, -0.2) is 5.91 Å². The Bertz CT molecular complexity index is 589. The summed E-state index contributed by atoms with van der Waals surface area (Å²) in [6, 6.07) is 14.2. The van der Waals surface area contributed by atoms with E-state index in [0.29, 0.717) is 11.3 Å². The predicted molar refractivity (Wildman–Crippen MR) is 75.0 cm³/mol. The molecule has 0 heterocycles. The monoisotopic (exact) mass is 254 g/mol. The van der Waals surface area contributed by atoms with Gasteiger partial charge in [0, 0.05) is 5.56 Å². The molecule has 0 aliphatic heterocycles. The summed E-state index contributed by atoms with van der Waals surface area (Å²) in [5.41, 5.74) is 2.66. The summed E-state index contributed by atoms with van der Waals surface area (Å²) in [5.74, 6) is -0.423. The van der Waals surface area contributed by atoms with E-state index in [-0.39, 0.29) is 0 Å². The van der Waals surface area contributed by atoms with Crippen molar-refractivity contribution in [1.29, 1.82) is 0 Å². The van der Waals surface area contributed by atoms with E-state index in [1.165, 1.54) is 0 Å². The van der Waals surface area contributed by atoms with Gasteiger partial charge in [-0.2, -0.15) is 5.01 Å². The number of benzene rings is 2. The van der Waals surface area contributed by atoms with Crippen LogP contribution in [0.15, 0.2) is 53.8 Å². The SMILES string of the molecule is Cc1cccc(C)c1N(N=O)C(=O)c1ccccc1. The van der Waals surface area contributed by atoms with Crippen LogP contribution in [0.3, 0.4) is 0 Å². The number of hydrogen-bond acceptors (Lipinski definition) is 3. The predicted octanol–water partition coefficient (Wildman–Crippen LogP) is 3.63. The Morgan fingerprint density at radius 1 is 0.947 bits per heavy atom. The minimum atomic E-state index is -0.423. The van der Waals surface area contributed by atoms with Crippen LogP contribution in [0.1, 0.15) is 21.5 Å². The number of nitroso groups, excluding NO2 is 1. The molecule has 0 atom stereocenters. The molecule has 0 aliphatic rings. The van der Waals surface area contributed by atoms with Gasteiger partial charge in [0.25, 0.3) is 5.91 Å². The first-order chi connectivity index (χ1) is 9.15. The average Bonchev–Trinajstić information content (AvgIpc) is 2.43. The average molecular weight is 254 g/mol. The minimum absolute atomic E-state index is 0.423. The first-order valence-electron chi connectivity index (χ1n) is 5.94. The van der Waals surface area contributed by atoms with Crippen LogP contribution < -0.4 is 5.01 Å². The summed E-state index contributed by atoms with van der Waals surface area (Å²) in [4.78, 5) is 23.4. The summed E-state index contributed by atoms with van der Waals surface area (Å²) in [6.07, 6.45) is 0. The van der Waals surface area contributed by atoms with Crippen LogP contribution in [0.2, 0.25) is 0 Å². The van der Waals surface area contributed by atoms with Crippen LogP contribution >= 0.6 is 0 Å². The molecule has 2 aromatic rings. The maximum Gasteiger partial charge on any atom is 0.281 e. The van der Waals surface area contributed by atoms with E-state index in [9.17, 15) is 9.70 Å². The molecule has 0 saturated carbocycles. The van der Waals surface area contributed by atoms with Gasteiger partial charge in [-0.15, -0.1) is 4.91 Å². The fraction of sp³-hybridized carbons (Fsp3) is 0.133. The van der Waals surface area contributed by atoms with E-state index in [1.807, 2.05) is 38.1 Å². The van der Waals surface area contributed by atoms with E-state index in [1.54, 1.807) is 24.3 Å². The summed E-state index contributed by atoms with van der Waals surface area (Å²) in [5, 5.41) is 3.81. The Hall–Kier alpha value is -2.49. The van der Waals surface area contributed by atoms with E-state index < -0.39 is 5.91 Å². The third-order valence-corrected chi connectivity index (χ3v) is 2.95. The zero-order chi connectivity index (χ0) is 13.8. The van der Waals surface area contributed by atoms with Gasteiger partial charge in [-0.05, 0) is 37.1 Å². The zero-order valence-electron chi connectivity index (χ0n) is 10.8. The van der Waals surface area contributed by atoms with Crippen LogP contribution in [0, 0.1) is 18.8 Å². The Labute approximate surface area is 111 Å². The lowest BCUT2D eigenvalue weighted by Gasteiger charge is -2.18. The van der Waals surface area contributed by atoms with Gasteiger partial charge < -0.3 is 0 Å². The lowest BCUT2D eigenvalue weighted by atomic mass is 10.1. The van der Waals surface area contributed by atoms with Gasteiger partial charge in [-0.1, -0.05) is 36.4 Å². The first-order valence-corrected chi connectivity index (χ1v) is 5.94. The second-order valence-electron chi connectivity index (χ2n) is 4.31. The number of para-hydroxylation sites is 1. The quantitative estimate of drug-likeness (QED) is 0.620. The standard InChI is InChI=1S/C15H14N2O2/c1-11-7-6-8-12(2)14(11)17(16-19)15(18)13-9-4-3-5-10-13/h3-10H,1-2H3. The van der Waals surface area contributed by atoms with E-state index in [0.717, 1.165) is 16.1 Å². The number of aryl methyl sites for hydroxylation is 2.